The summed E-state index contributed by atoms with van der Waals surface area (Å²) < 4.78 is 4.95. The van der Waals surface area contributed by atoms with Gasteiger partial charge < -0.3 is 15.1 Å². The third kappa shape index (κ3) is 2.04. The zero-order valence-electron chi connectivity index (χ0n) is 7.77. The van der Waals surface area contributed by atoms with Crippen molar-refractivity contribution in [2.45, 2.75) is 6.92 Å². The van der Waals surface area contributed by atoms with Gasteiger partial charge in [-0.3, -0.25) is 0 Å². The first-order chi connectivity index (χ1) is 6.69. The van der Waals surface area contributed by atoms with Crippen molar-refractivity contribution in [2.75, 3.05) is 0 Å². The lowest BCUT2D eigenvalue weighted by Crippen LogP contribution is -1.94. The predicted molar refractivity (Wildman–Crippen MR) is 52.9 cm³/mol. The molecule has 0 aromatic heterocycles. The van der Waals surface area contributed by atoms with Gasteiger partial charge in [-0.15, -0.1) is 0 Å². The molecule has 0 fully saturated rings. The van der Waals surface area contributed by atoms with Gasteiger partial charge >= 0.3 is 0 Å². The van der Waals surface area contributed by atoms with Crippen molar-refractivity contribution >= 4 is 5.71 Å². The molecule has 1 rings (SSSR count). The van der Waals surface area contributed by atoms with Crippen LogP contribution in [0.15, 0.2) is 36.2 Å². The van der Waals surface area contributed by atoms with E-state index in [2.05, 4.69) is 11.7 Å². The zero-order chi connectivity index (χ0) is 10.6. The number of phenols is 1. The average molecular weight is 193 g/mol. The van der Waals surface area contributed by atoms with Crippen LogP contribution in [0, 0.1) is 0 Å². The molecule has 0 atom stereocenters. The van der Waals surface area contributed by atoms with Crippen LogP contribution in [-0.4, -0.2) is 16.0 Å². The molecule has 0 bridgehead atoms. The summed E-state index contributed by atoms with van der Waals surface area (Å²) in [6, 6.07) is 4.65. The Hall–Kier alpha value is -1.97. The zero-order valence-corrected chi connectivity index (χ0v) is 7.77. The van der Waals surface area contributed by atoms with Crippen LogP contribution in [0.3, 0.4) is 0 Å². The minimum absolute atomic E-state index is 0.0133. The largest absolute Gasteiger partial charge is 0.504 e. The minimum Gasteiger partial charge on any atom is -0.504 e. The molecule has 0 aliphatic carbocycles. The van der Waals surface area contributed by atoms with E-state index in [0.717, 1.165) is 0 Å². The van der Waals surface area contributed by atoms with Crippen molar-refractivity contribution in [1.29, 1.82) is 0 Å². The van der Waals surface area contributed by atoms with Crippen molar-refractivity contribution in [3.05, 3.63) is 36.6 Å². The van der Waals surface area contributed by atoms with Gasteiger partial charge in [0.15, 0.2) is 11.5 Å². The van der Waals surface area contributed by atoms with E-state index in [1.54, 1.807) is 19.1 Å². The Morgan fingerprint density at radius 3 is 2.86 bits per heavy atom. The van der Waals surface area contributed by atoms with Crippen LogP contribution in [0.1, 0.15) is 12.5 Å². The van der Waals surface area contributed by atoms with Gasteiger partial charge in [0.2, 0.25) is 0 Å². The monoisotopic (exact) mass is 193 g/mol. The minimum atomic E-state index is 0.0133. The smallest absolute Gasteiger partial charge is 0.168 e. The molecular formula is C10H11NO3. The van der Waals surface area contributed by atoms with Gasteiger partial charge in [-0.25, -0.2) is 0 Å². The first-order valence-corrected chi connectivity index (χ1v) is 3.98. The van der Waals surface area contributed by atoms with Gasteiger partial charge in [0, 0.05) is 5.56 Å². The maximum absolute atomic E-state index is 9.35. The van der Waals surface area contributed by atoms with E-state index in [4.69, 9.17) is 9.94 Å². The molecule has 0 amide bonds. The number of oxime groups is 1. The Morgan fingerprint density at radius 1 is 1.57 bits per heavy atom. The van der Waals surface area contributed by atoms with Crippen molar-refractivity contribution in [3.8, 4) is 11.5 Å². The van der Waals surface area contributed by atoms with E-state index in [9.17, 15) is 5.11 Å². The summed E-state index contributed by atoms with van der Waals surface area (Å²) in [5.74, 6) is 0.292. The highest BCUT2D eigenvalue weighted by Crippen LogP contribution is 2.27. The molecule has 0 aliphatic heterocycles. The number of nitrogens with zero attached hydrogens (tertiary/aromatic N) is 1. The van der Waals surface area contributed by atoms with Gasteiger partial charge in [-0.05, 0) is 25.1 Å². The lowest BCUT2D eigenvalue weighted by Gasteiger charge is -2.05. The molecule has 2 N–H and O–H groups in total. The molecule has 0 saturated carbocycles. The Kier molecular flexibility index (Phi) is 3.12. The van der Waals surface area contributed by atoms with Crippen molar-refractivity contribution in [3.63, 3.8) is 0 Å². The highest BCUT2D eigenvalue weighted by Gasteiger charge is 2.05. The number of hydrogen-bond donors (Lipinski definition) is 2. The Bertz CT molecular complexity index is 372. The average Bonchev–Trinajstić information content (AvgIpc) is 2.20. The molecular weight excluding hydrogens is 182 g/mol. The number of hydrogen-bond acceptors (Lipinski definition) is 4. The maximum atomic E-state index is 9.35. The highest BCUT2D eigenvalue weighted by atomic mass is 16.5. The van der Waals surface area contributed by atoms with Crippen LogP contribution in [0.2, 0.25) is 0 Å². The van der Waals surface area contributed by atoms with Crippen LogP contribution < -0.4 is 4.74 Å². The number of rotatable bonds is 3. The summed E-state index contributed by atoms with van der Waals surface area (Å²) in [4.78, 5) is 0. The fraction of sp³-hybridized carbons (Fsp3) is 0.100. The van der Waals surface area contributed by atoms with Crippen molar-refractivity contribution < 1.29 is 15.1 Å². The lowest BCUT2D eigenvalue weighted by atomic mass is 10.1. The van der Waals surface area contributed by atoms with E-state index in [0.29, 0.717) is 11.3 Å². The molecule has 0 spiro atoms. The van der Waals surface area contributed by atoms with E-state index in [-0.39, 0.29) is 11.5 Å². The Labute approximate surface area is 81.8 Å². The Morgan fingerprint density at radius 2 is 2.29 bits per heavy atom. The highest BCUT2D eigenvalue weighted by molar-refractivity contribution is 5.98. The third-order valence-corrected chi connectivity index (χ3v) is 1.74. The molecule has 1 aromatic carbocycles. The molecule has 0 unspecified atom stereocenters. The summed E-state index contributed by atoms with van der Waals surface area (Å²) in [7, 11) is 0. The first kappa shape index (κ1) is 10.1. The molecule has 1 aromatic rings. The van der Waals surface area contributed by atoms with E-state index < -0.39 is 0 Å². The molecule has 0 saturated heterocycles. The van der Waals surface area contributed by atoms with E-state index >= 15 is 0 Å². The van der Waals surface area contributed by atoms with Crippen LogP contribution in [0.25, 0.3) is 0 Å². The fourth-order valence-corrected chi connectivity index (χ4v) is 0.981. The molecule has 0 radical (unpaired) electrons. The normalized spacial score (nSPS) is 11.1. The SMILES string of the molecule is C=COc1cc(/C(C)=N\O)ccc1O. The van der Waals surface area contributed by atoms with E-state index in [1.807, 2.05) is 0 Å². The van der Waals surface area contributed by atoms with Crippen LogP contribution in [0.4, 0.5) is 0 Å². The first-order valence-electron chi connectivity index (χ1n) is 3.98. The summed E-state index contributed by atoms with van der Waals surface area (Å²) >= 11 is 0. The molecule has 0 aliphatic rings. The Balaban J connectivity index is 3.12. The molecule has 74 valence electrons. The second kappa shape index (κ2) is 4.32. The topological polar surface area (TPSA) is 62.0 Å². The van der Waals surface area contributed by atoms with Gasteiger partial charge in [0.1, 0.15) is 0 Å². The predicted octanol–water partition coefficient (Wildman–Crippen LogP) is 2.11. The molecule has 0 heterocycles. The third-order valence-electron chi connectivity index (χ3n) is 1.74. The van der Waals surface area contributed by atoms with Crippen molar-refractivity contribution in [1.82, 2.24) is 0 Å². The fourth-order valence-electron chi connectivity index (χ4n) is 0.981. The van der Waals surface area contributed by atoms with Gasteiger partial charge in [-0.1, -0.05) is 11.7 Å². The molecule has 14 heavy (non-hydrogen) atoms. The number of aromatic hydroxyl groups is 1. The number of ether oxygens (including phenoxy) is 1. The summed E-state index contributed by atoms with van der Waals surface area (Å²) in [6.07, 6.45) is 1.21. The van der Waals surface area contributed by atoms with Gasteiger partial charge in [-0.2, -0.15) is 0 Å². The second-order valence-electron chi connectivity index (χ2n) is 2.65. The van der Waals surface area contributed by atoms with Gasteiger partial charge in [0.05, 0.1) is 12.0 Å². The standard InChI is InChI=1S/C10H11NO3/c1-3-14-10-6-8(7(2)11-13)4-5-9(10)12/h3-6,12-13H,1H2,2H3/b11-7-. The molecule has 4 heteroatoms. The summed E-state index contributed by atoms with van der Waals surface area (Å²) in [5.41, 5.74) is 1.11. The quantitative estimate of drug-likeness (QED) is 0.334. The summed E-state index contributed by atoms with van der Waals surface area (Å²) in [6.45, 7) is 5.02. The van der Waals surface area contributed by atoms with Crippen molar-refractivity contribution in [2.24, 2.45) is 5.16 Å². The van der Waals surface area contributed by atoms with Crippen LogP contribution in [-0.2, 0) is 0 Å². The molecule has 4 nitrogen and oxygen atoms in total. The number of phenolic OH excluding ortho intramolecular Hbond substituents is 1. The van der Waals surface area contributed by atoms with Crippen LogP contribution >= 0.6 is 0 Å². The van der Waals surface area contributed by atoms with E-state index in [1.165, 1.54) is 12.3 Å². The van der Waals surface area contributed by atoms with Crippen LogP contribution in [0.5, 0.6) is 11.5 Å². The maximum Gasteiger partial charge on any atom is 0.168 e. The van der Waals surface area contributed by atoms with Gasteiger partial charge in [0.25, 0.3) is 0 Å². The second-order valence-corrected chi connectivity index (χ2v) is 2.65. The number of benzene rings is 1. The lowest BCUT2D eigenvalue weighted by molar-refractivity contribution is 0.319. The summed E-state index contributed by atoms with van der Waals surface area (Å²) in [5, 5.41) is 20.9.